The maximum atomic E-state index is 13.1. The summed E-state index contributed by atoms with van der Waals surface area (Å²) >= 11 is 6.50. The normalized spacial score (nSPS) is 15.5. The monoisotopic (exact) mass is 533 g/mol. The van der Waals surface area contributed by atoms with Crippen LogP contribution in [0.15, 0.2) is 42.5 Å². The molecule has 9 heteroatoms. The zero-order chi connectivity index (χ0) is 26.4. The van der Waals surface area contributed by atoms with Gasteiger partial charge in [-0.2, -0.15) is 0 Å². The Kier molecular flexibility index (Phi) is 6.47. The fourth-order valence-corrected chi connectivity index (χ4v) is 6.02. The van der Waals surface area contributed by atoms with Gasteiger partial charge in [-0.05, 0) is 56.1 Å². The van der Waals surface area contributed by atoms with Crippen LogP contribution in [0.3, 0.4) is 0 Å². The molecule has 8 nitrogen and oxygen atoms in total. The molecule has 3 N–H and O–H groups in total. The molecule has 2 amide bonds. The summed E-state index contributed by atoms with van der Waals surface area (Å²) in [6.45, 7) is 3.75. The lowest BCUT2D eigenvalue weighted by atomic mass is 9.93. The van der Waals surface area contributed by atoms with Gasteiger partial charge in [0.05, 0.1) is 35.4 Å². The summed E-state index contributed by atoms with van der Waals surface area (Å²) in [4.78, 5) is 28.5. The molecule has 3 heterocycles. The van der Waals surface area contributed by atoms with E-state index in [0.29, 0.717) is 50.3 Å². The maximum absolute atomic E-state index is 13.1. The number of phenols is 1. The number of aliphatic hydroxyl groups excluding tert-OH is 1. The Hall–Kier alpha value is -3.59. The summed E-state index contributed by atoms with van der Waals surface area (Å²) in [6, 6.07) is 12.3. The summed E-state index contributed by atoms with van der Waals surface area (Å²) in [7, 11) is 0. The minimum atomic E-state index is -0.506. The number of benzene rings is 3. The van der Waals surface area contributed by atoms with E-state index in [0.717, 1.165) is 26.1 Å². The minimum Gasteiger partial charge on any atom is -0.504 e. The number of nitrogens with one attached hydrogen (secondary N) is 1. The van der Waals surface area contributed by atoms with Gasteiger partial charge in [-0.15, -0.1) is 0 Å². The number of imide groups is 1. The van der Waals surface area contributed by atoms with E-state index >= 15 is 0 Å². The van der Waals surface area contributed by atoms with Gasteiger partial charge in [0.15, 0.2) is 11.5 Å². The molecule has 196 valence electrons. The highest BCUT2D eigenvalue weighted by Gasteiger charge is 2.35. The Morgan fingerprint density at radius 3 is 2.47 bits per heavy atom. The van der Waals surface area contributed by atoms with Gasteiger partial charge in [0.25, 0.3) is 11.8 Å². The summed E-state index contributed by atoms with van der Waals surface area (Å²) in [5.41, 5.74) is 2.99. The van der Waals surface area contributed by atoms with Crippen LogP contribution >= 0.6 is 11.6 Å². The number of aliphatic hydroxyl groups is 1. The molecule has 2 aliphatic heterocycles. The smallest absolute Gasteiger partial charge is 0.259 e. The van der Waals surface area contributed by atoms with Gasteiger partial charge in [0.1, 0.15) is 0 Å². The SMILES string of the molecule is O=C1NC(=O)c2c1c(-c1ccccc1Cl)cc1c2c2cc(O)c(OCCCN3CCCC3)cc2n1CCO. The second-order valence-corrected chi connectivity index (χ2v) is 10.2. The van der Waals surface area contributed by atoms with Crippen LogP contribution in [0, 0.1) is 0 Å². The lowest BCUT2D eigenvalue weighted by Crippen LogP contribution is -2.21. The van der Waals surface area contributed by atoms with Gasteiger partial charge < -0.3 is 24.4 Å². The fraction of sp³-hybridized carbons (Fsp3) is 0.310. The average Bonchev–Trinajstić information content (AvgIpc) is 3.60. The minimum absolute atomic E-state index is 0.0459. The van der Waals surface area contributed by atoms with E-state index in [9.17, 15) is 19.8 Å². The Balaban J connectivity index is 1.50. The number of hydrogen-bond acceptors (Lipinski definition) is 6. The molecule has 38 heavy (non-hydrogen) atoms. The van der Waals surface area contributed by atoms with Crippen molar-refractivity contribution in [3.8, 4) is 22.6 Å². The number of aromatic hydroxyl groups is 1. The number of ether oxygens (including phenoxy) is 1. The quantitative estimate of drug-likeness (QED) is 0.226. The first-order chi connectivity index (χ1) is 18.5. The van der Waals surface area contributed by atoms with E-state index in [2.05, 4.69) is 10.2 Å². The number of likely N-dealkylation sites (tertiary alicyclic amines) is 1. The van der Waals surface area contributed by atoms with Gasteiger partial charge in [0.2, 0.25) is 0 Å². The van der Waals surface area contributed by atoms with Gasteiger partial charge in [-0.3, -0.25) is 14.9 Å². The summed E-state index contributed by atoms with van der Waals surface area (Å²) in [5, 5.41) is 24.8. The van der Waals surface area contributed by atoms with Gasteiger partial charge >= 0.3 is 0 Å². The molecule has 0 saturated carbocycles. The third kappa shape index (κ3) is 4.09. The first kappa shape index (κ1) is 24.7. The molecule has 0 unspecified atom stereocenters. The predicted molar refractivity (Wildman–Crippen MR) is 146 cm³/mol. The Morgan fingerprint density at radius 1 is 0.947 bits per heavy atom. The van der Waals surface area contributed by atoms with Gasteiger partial charge in [0, 0.05) is 40.5 Å². The second kappa shape index (κ2) is 9.94. The van der Waals surface area contributed by atoms with Crippen LogP contribution in [0.5, 0.6) is 11.5 Å². The maximum Gasteiger partial charge on any atom is 0.259 e. The molecule has 0 atom stereocenters. The van der Waals surface area contributed by atoms with E-state index in [-0.39, 0.29) is 30.0 Å². The van der Waals surface area contributed by atoms with Crippen LogP contribution in [0.4, 0.5) is 0 Å². The lowest BCUT2D eigenvalue weighted by Gasteiger charge is -2.15. The van der Waals surface area contributed by atoms with Crippen molar-refractivity contribution in [2.75, 3.05) is 32.8 Å². The van der Waals surface area contributed by atoms with E-state index in [4.69, 9.17) is 16.3 Å². The van der Waals surface area contributed by atoms with E-state index in [1.807, 2.05) is 16.7 Å². The number of halogens is 1. The molecule has 1 saturated heterocycles. The van der Waals surface area contributed by atoms with Crippen LogP contribution < -0.4 is 10.1 Å². The number of carbonyl (C=O) groups excluding carboxylic acids is 2. The third-order valence-electron chi connectivity index (χ3n) is 7.48. The van der Waals surface area contributed by atoms with Crippen molar-refractivity contribution < 1.29 is 24.5 Å². The molecule has 0 bridgehead atoms. The zero-order valence-corrected chi connectivity index (χ0v) is 21.6. The van der Waals surface area contributed by atoms with Gasteiger partial charge in [-0.1, -0.05) is 29.8 Å². The number of aromatic nitrogens is 1. The lowest BCUT2D eigenvalue weighted by molar-refractivity contribution is 0.0880. The Labute approximate surface area is 224 Å². The average molecular weight is 534 g/mol. The number of phenolic OH excluding ortho intramolecular Hbond substituents is 1. The highest BCUT2D eigenvalue weighted by molar-refractivity contribution is 6.36. The first-order valence-electron chi connectivity index (χ1n) is 12.9. The second-order valence-electron chi connectivity index (χ2n) is 9.79. The van der Waals surface area contributed by atoms with Crippen molar-refractivity contribution in [1.82, 2.24) is 14.8 Å². The molecule has 1 fully saturated rings. The molecule has 0 aliphatic carbocycles. The summed E-state index contributed by atoms with van der Waals surface area (Å²) in [5.74, 6) is -0.708. The predicted octanol–water partition coefficient (Wildman–Crippen LogP) is 4.56. The first-order valence-corrected chi connectivity index (χ1v) is 13.3. The molecular formula is C29H28ClN3O5. The number of carbonyl (C=O) groups is 2. The number of hydrogen-bond donors (Lipinski definition) is 3. The van der Waals surface area contributed by atoms with Crippen molar-refractivity contribution in [1.29, 1.82) is 0 Å². The van der Waals surface area contributed by atoms with Crippen molar-refractivity contribution in [3.63, 3.8) is 0 Å². The largest absolute Gasteiger partial charge is 0.504 e. The van der Waals surface area contributed by atoms with Crippen LogP contribution in [-0.2, 0) is 6.54 Å². The van der Waals surface area contributed by atoms with Crippen LogP contribution in [-0.4, -0.2) is 64.3 Å². The van der Waals surface area contributed by atoms with E-state index < -0.39 is 11.8 Å². The topological polar surface area (TPSA) is 104 Å². The van der Waals surface area contributed by atoms with Crippen molar-refractivity contribution in [2.24, 2.45) is 0 Å². The highest BCUT2D eigenvalue weighted by atomic mass is 35.5. The van der Waals surface area contributed by atoms with E-state index in [1.54, 1.807) is 30.3 Å². The van der Waals surface area contributed by atoms with E-state index in [1.165, 1.54) is 12.8 Å². The molecule has 2 aliphatic rings. The van der Waals surface area contributed by atoms with Crippen molar-refractivity contribution in [3.05, 3.63) is 58.6 Å². The molecule has 0 radical (unpaired) electrons. The van der Waals surface area contributed by atoms with Crippen molar-refractivity contribution in [2.45, 2.75) is 25.8 Å². The number of fused-ring (bicyclic) bond motifs is 5. The molecule has 3 aromatic carbocycles. The van der Waals surface area contributed by atoms with Crippen LogP contribution in [0.1, 0.15) is 40.0 Å². The highest BCUT2D eigenvalue weighted by Crippen LogP contribution is 2.44. The van der Waals surface area contributed by atoms with Gasteiger partial charge in [-0.25, -0.2) is 0 Å². The summed E-state index contributed by atoms with van der Waals surface area (Å²) < 4.78 is 7.86. The molecule has 0 spiro atoms. The molecule has 6 rings (SSSR count). The van der Waals surface area contributed by atoms with Crippen molar-refractivity contribution >= 4 is 45.2 Å². The molecule has 4 aromatic rings. The molecular weight excluding hydrogens is 506 g/mol. The Morgan fingerprint density at radius 2 is 1.71 bits per heavy atom. The Bertz CT molecular complexity index is 1590. The van der Waals surface area contributed by atoms with Crippen LogP contribution in [0.25, 0.3) is 32.9 Å². The fourth-order valence-electron chi connectivity index (χ4n) is 5.78. The number of nitrogens with zero attached hydrogens (tertiary/aromatic N) is 2. The summed E-state index contributed by atoms with van der Waals surface area (Å²) in [6.07, 6.45) is 3.31. The van der Waals surface area contributed by atoms with Crippen LogP contribution in [0.2, 0.25) is 5.02 Å². The zero-order valence-electron chi connectivity index (χ0n) is 20.8. The number of rotatable bonds is 8. The third-order valence-corrected chi connectivity index (χ3v) is 7.81. The molecule has 1 aromatic heterocycles. The standard InChI is InChI=1S/C29H28ClN3O5/c30-20-7-2-1-6-17(20)18-14-22-25(27-26(18)28(36)31-29(27)37)19-15-23(35)24(16-21(19)33(22)11-12-34)38-13-5-10-32-8-3-4-9-32/h1-2,6-7,14-16,34-35H,3-5,8-13H2,(H,31,36,37). The number of amides is 2.